The van der Waals surface area contributed by atoms with Gasteiger partial charge in [-0.1, -0.05) is 30.3 Å². The Labute approximate surface area is 148 Å². The van der Waals surface area contributed by atoms with E-state index in [2.05, 4.69) is 10.6 Å². The highest BCUT2D eigenvalue weighted by molar-refractivity contribution is 6.02. The second kappa shape index (κ2) is 7.09. The number of benzene rings is 2. The van der Waals surface area contributed by atoms with Crippen LogP contribution in [-0.2, 0) is 4.79 Å². The number of carbonyl (C=O) groups excluding carboxylic acids is 2. The summed E-state index contributed by atoms with van der Waals surface area (Å²) in [5.41, 5.74) is 4.32. The molecule has 4 heteroatoms. The molecule has 1 amide bonds. The third-order valence-corrected chi connectivity index (χ3v) is 4.72. The number of ketones is 1. The van der Waals surface area contributed by atoms with Gasteiger partial charge in [-0.25, -0.2) is 0 Å². The van der Waals surface area contributed by atoms with Crippen molar-refractivity contribution in [3.63, 3.8) is 0 Å². The standard InChI is InChI=1S/C21H24N2O2/c1-13-7-6-8-14(2)19(13)23-21(25)20(16-11-12-16)22-18-10-5-4-9-17(18)15(3)24/h4-10,16,20,22H,11-12H2,1-3H3,(H,23,25). The summed E-state index contributed by atoms with van der Waals surface area (Å²) in [6.07, 6.45) is 2.06. The molecule has 2 N–H and O–H groups in total. The lowest BCUT2D eigenvalue weighted by Gasteiger charge is -2.22. The van der Waals surface area contributed by atoms with Gasteiger partial charge in [-0.3, -0.25) is 9.59 Å². The van der Waals surface area contributed by atoms with Gasteiger partial charge in [0, 0.05) is 16.9 Å². The zero-order chi connectivity index (χ0) is 18.0. The van der Waals surface area contributed by atoms with E-state index in [1.54, 1.807) is 13.0 Å². The number of Topliss-reactive ketones (excluding diaryl/α,β-unsaturated/α-hetero) is 1. The molecule has 1 unspecified atom stereocenters. The molecule has 0 aromatic heterocycles. The molecule has 1 fully saturated rings. The fourth-order valence-corrected chi connectivity index (χ4v) is 3.12. The van der Waals surface area contributed by atoms with Gasteiger partial charge in [-0.15, -0.1) is 0 Å². The van der Waals surface area contributed by atoms with E-state index in [0.717, 1.165) is 35.3 Å². The summed E-state index contributed by atoms with van der Waals surface area (Å²) in [7, 11) is 0. The van der Waals surface area contributed by atoms with Gasteiger partial charge in [0.15, 0.2) is 5.78 Å². The van der Waals surface area contributed by atoms with E-state index in [4.69, 9.17) is 0 Å². The molecule has 1 aliphatic rings. The van der Waals surface area contributed by atoms with Crippen molar-refractivity contribution >= 4 is 23.1 Å². The third-order valence-electron chi connectivity index (χ3n) is 4.72. The number of nitrogens with one attached hydrogen (secondary N) is 2. The number of aryl methyl sites for hydroxylation is 2. The molecule has 0 radical (unpaired) electrons. The topological polar surface area (TPSA) is 58.2 Å². The second-order valence-electron chi connectivity index (χ2n) is 6.82. The first-order valence-electron chi connectivity index (χ1n) is 8.71. The maximum Gasteiger partial charge on any atom is 0.247 e. The van der Waals surface area contributed by atoms with Crippen LogP contribution in [0.15, 0.2) is 42.5 Å². The zero-order valence-corrected chi connectivity index (χ0v) is 14.9. The molecule has 130 valence electrons. The molecule has 1 aliphatic carbocycles. The number of carbonyl (C=O) groups is 2. The summed E-state index contributed by atoms with van der Waals surface area (Å²) in [5, 5.41) is 6.40. The van der Waals surface area contributed by atoms with Gasteiger partial charge in [0.25, 0.3) is 0 Å². The highest BCUT2D eigenvalue weighted by Crippen LogP contribution is 2.35. The van der Waals surface area contributed by atoms with Crippen molar-refractivity contribution in [3.05, 3.63) is 59.2 Å². The Morgan fingerprint density at radius 1 is 1.00 bits per heavy atom. The van der Waals surface area contributed by atoms with Gasteiger partial charge >= 0.3 is 0 Å². The first-order chi connectivity index (χ1) is 12.0. The molecule has 0 heterocycles. The SMILES string of the molecule is CC(=O)c1ccccc1NC(C(=O)Nc1c(C)cccc1C)C1CC1. The predicted molar refractivity (Wildman–Crippen MR) is 101 cm³/mol. The van der Waals surface area contributed by atoms with Crippen molar-refractivity contribution in [1.82, 2.24) is 0 Å². The fraction of sp³-hybridized carbons (Fsp3) is 0.333. The fourth-order valence-electron chi connectivity index (χ4n) is 3.12. The molecule has 25 heavy (non-hydrogen) atoms. The molecule has 2 aromatic rings. The van der Waals surface area contributed by atoms with Crippen molar-refractivity contribution in [2.45, 2.75) is 39.7 Å². The van der Waals surface area contributed by atoms with Crippen molar-refractivity contribution in [3.8, 4) is 0 Å². The average Bonchev–Trinajstić information content (AvgIpc) is 3.41. The van der Waals surface area contributed by atoms with Crippen LogP contribution in [-0.4, -0.2) is 17.7 Å². The van der Waals surface area contributed by atoms with E-state index in [-0.39, 0.29) is 17.7 Å². The molecular weight excluding hydrogens is 312 g/mol. The summed E-state index contributed by atoms with van der Waals surface area (Å²) >= 11 is 0. The first-order valence-corrected chi connectivity index (χ1v) is 8.71. The van der Waals surface area contributed by atoms with Crippen molar-refractivity contribution in [2.24, 2.45) is 5.92 Å². The molecule has 0 spiro atoms. The smallest absolute Gasteiger partial charge is 0.247 e. The van der Waals surface area contributed by atoms with E-state index in [9.17, 15) is 9.59 Å². The van der Waals surface area contributed by atoms with Crippen LogP contribution >= 0.6 is 0 Å². The highest BCUT2D eigenvalue weighted by Gasteiger charge is 2.37. The number of hydrogen-bond acceptors (Lipinski definition) is 3. The minimum atomic E-state index is -0.334. The lowest BCUT2D eigenvalue weighted by atomic mass is 10.1. The maximum absolute atomic E-state index is 12.9. The van der Waals surface area contributed by atoms with Gasteiger partial charge < -0.3 is 10.6 Å². The summed E-state index contributed by atoms with van der Waals surface area (Å²) in [6.45, 7) is 5.53. The van der Waals surface area contributed by atoms with Gasteiger partial charge in [0.2, 0.25) is 5.91 Å². The van der Waals surface area contributed by atoms with Crippen LogP contribution < -0.4 is 10.6 Å². The Kier molecular flexibility index (Phi) is 4.88. The van der Waals surface area contributed by atoms with Gasteiger partial charge in [-0.2, -0.15) is 0 Å². The molecule has 0 aliphatic heterocycles. The van der Waals surface area contributed by atoms with Crippen molar-refractivity contribution in [2.75, 3.05) is 10.6 Å². The molecule has 3 rings (SSSR count). The monoisotopic (exact) mass is 336 g/mol. The highest BCUT2D eigenvalue weighted by atomic mass is 16.2. The third kappa shape index (κ3) is 3.90. The summed E-state index contributed by atoms with van der Waals surface area (Å²) < 4.78 is 0. The second-order valence-corrected chi connectivity index (χ2v) is 6.82. The summed E-state index contributed by atoms with van der Waals surface area (Å²) in [6, 6.07) is 13.0. The Morgan fingerprint density at radius 3 is 2.24 bits per heavy atom. The largest absolute Gasteiger partial charge is 0.373 e. The van der Waals surface area contributed by atoms with Crippen LogP contribution in [0.2, 0.25) is 0 Å². The number of hydrogen-bond donors (Lipinski definition) is 2. The quantitative estimate of drug-likeness (QED) is 0.772. The lowest BCUT2D eigenvalue weighted by Crippen LogP contribution is -2.37. The summed E-state index contributed by atoms with van der Waals surface area (Å²) in [5.74, 6) is 0.260. The van der Waals surface area contributed by atoms with E-state index in [1.165, 1.54) is 0 Å². The molecule has 1 saturated carbocycles. The van der Waals surface area contributed by atoms with E-state index < -0.39 is 0 Å². The van der Waals surface area contributed by atoms with Crippen LogP contribution in [0.1, 0.15) is 41.3 Å². The van der Waals surface area contributed by atoms with Crippen LogP contribution in [0.5, 0.6) is 0 Å². The van der Waals surface area contributed by atoms with E-state index in [0.29, 0.717) is 11.5 Å². The molecule has 0 bridgehead atoms. The predicted octanol–water partition coefficient (Wildman–Crippen LogP) is 4.34. The van der Waals surface area contributed by atoms with Crippen LogP contribution in [0.4, 0.5) is 11.4 Å². The lowest BCUT2D eigenvalue weighted by molar-refractivity contribution is -0.117. The minimum Gasteiger partial charge on any atom is -0.373 e. The molecule has 1 atom stereocenters. The number of amides is 1. The molecular formula is C21H24N2O2. The zero-order valence-electron chi connectivity index (χ0n) is 14.9. The Balaban J connectivity index is 1.83. The number of anilines is 2. The molecule has 4 nitrogen and oxygen atoms in total. The number of para-hydroxylation sites is 2. The first kappa shape index (κ1) is 17.2. The Bertz CT molecular complexity index is 789. The van der Waals surface area contributed by atoms with E-state index >= 15 is 0 Å². The number of rotatable bonds is 6. The van der Waals surface area contributed by atoms with Crippen LogP contribution in [0.3, 0.4) is 0 Å². The Hall–Kier alpha value is -2.62. The summed E-state index contributed by atoms with van der Waals surface area (Å²) in [4.78, 5) is 24.8. The van der Waals surface area contributed by atoms with Gasteiger partial charge in [0.1, 0.15) is 6.04 Å². The molecule has 2 aromatic carbocycles. The van der Waals surface area contributed by atoms with E-state index in [1.807, 2.05) is 50.2 Å². The molecule has 0 saturated heterocycles. The Morgan fingerprint density at radius 2 is 1.64 bits per heavy atom. The van der Waals surface area contributed by atoms with Crippen LogP contribution in [0, 0.1) is 19.8 Å². The van der Waals surface area contributed by atoms with Gasteiger partial charge in [-0.05, 0) is 62.8 Å². The van der Waals surface area contributed by atoms with Gasteiger partial charge in [0.05, 0.1) is 0 Å². The van der Waals surface area contributed by atoms with Crippen LogP contribution in [0.25, 0.3) is 0 Å². The average molecular weight is 336 g/mol. The normalized spacial score (nSPS) is 14.7. The maximum atomic E-state index is 12.9. The van der Waals surface area contributed by atoms with Crippen molar-refractivity contribution < 1.29 is 9.59 Å². The van der Waals surface area contributed by atoms with Crippen molar-refractivity contribution in [1.29, 1.82) is 0 Å². The minimum absolute atomic E-state index is 0.00666.